The lowest BCUT2D eigenvalue weighted by molar-refractivity contribution is -0.145. The molecule has 0 fully saturated rings. The molecule has 5 nitrogen and oxygen atoms in total. The average molecular weight is 344 g/mol. The van der Waals surface area contributed by atoms with Gasteiger partial charge in [0.25, 0.3) is 0 Å². The van der Waals surface area contributed by atoms with Crippen LogP contribution >= 0.6 is 0 Å². The average Bonchev–Trinajstić information content (AvgIpc) is 3.03. The molecule has 0 N–H and O–H groups in total. The maximum absolute atomic E-state index is 11.8. The molecule has 0 aliphatic rings. The summed E-state index contributed by atoms with van der Waals surface area (Å²) >= 11 is 0. The predicted octanol–water partition coefficient (Wildman–Crippen LogP) is 3.78. The minimum Gasteiger partial charge on any atom is -0.469 e. The summed E-state index contributed by atoms with van der Waals surface area (Å²) in [6.45, 7) is 10.0. The van der Waals surface area contributed by atoms with Gasteiger partial charge in [0.05, 0.1) is 25.8 Å². The topological polar surface area (TPSA) is 55.6 Å². The highest BCUT2D eigenvalue weighted by atomic mass is 16.5. The second kappa shape index (κ2) is 8.30. The van der Waals surface area contributed by atoms with E-state index in [1.165, 1.54) is 12.7 Å². The third kappa shape index (κ3) is 5.71. The predicted molar refractivity (Wildman–Crippen MR) is 96.9 cm³/mol. The zero-order chi connectivity index (χ0) is 18.4. The van der Waals surface area contributed by atoms with Crippen LogP contribution in [0, 0.1) is 5.92 Å². The van der Waals surface area contributed by atoms with Crippen LogP contribution in [0.2, 0.25) is 0 Å². The van der Waals surface area contributed by atoms with Crippen molar-refractivity contribution < 1.29 is 13.9 Å². The Morgan fingerprint density at radius 1 is 1.24 bits per heavy atom. The third-order valence-electron chi connectivity index (χ3n) is 4.04. The van der Waals surface area contributed by atoms with Crippen LogP contribution < -0.4 is 0 Å². The number of carbonyl (C=O) groups excluding carboxylic acids is 1. The normalized spacial score (nSPS) is 13.0. The van der Waals surface area contributed by atoms with E-state index in [1.807, 2.05) is 25.1 Å². The highest BCUT2D eigenvalue weighted by Crippen LogP contribution is 2.23. The number of ether oxygens (including phenoxy) is 1. The number of esters is 1. The molecule has 1 aromatic carbocycles. The molecule has 0 spiro atoms. The van der Waals surface area contributed by atoms with Crippen LogP contribution in [0.25, 0.3) is 0 Å². The van der Waals surface area contributed by atoms with Crippen molar-refractivity contribution in [1.29, 1.82) is 0 Å². The number of hydrogen-bond acceptors (Lipinski definition) is 5. The van der Waals surface area contributed by atoms with Gasteiger partial charge in [-0.1, -0.05) is 58.0 Å². The summed E-state index contributed by atoms with van der Waals surface area (Å²) in [5, 5.41) is 0. The molecule has 2 rings (SSSR count). The number of oxazole rings is 1. The van der Waals surface area contributed by atoms with Crippen molar-refractivity contribution in [2.45, 2.75) is 46.2 Å². The standard InChI is InChI=1S/C20H28N2O3/c1-15(19(23)24-5)12-22(13-16-9-7-6-8-10-16)14-18-21-11-17(25-18)20(2,3)4/h6-11,15H,12-14H2,1-5H3/t15-/m1/s1. The van der Waals surface area contributed by atoms with Crippen molar-refractivity contribution in [2.24, 2.45) is 5.92 Å². The summed E-state index contributed by atoms with van der Waals surface area (Å²) in [6.07, 6.45) is 1.79. The molecule has 1 atom stereocenters. The fraction of sp³-hybridized carbons (Fsp3) is 0.500. The van der Waals surface area contributed by atoms with E-state index in [-0.39, 0.29) is 17.3 Å². The maximum atomic E-state index is 11.8. The molecule has 0 unspecified atom stereocenters. The summed E-state index contributed by atoms with van der Waals surface area (Å²) in [4.78, 5) is 18.4. The van der Waals surface area contributed by atoms with Crippen LogP contribution in [0.15, 0.2) is 40.9 Å². The Hall–Kier alpha value is -2.14. The summed E-state index contributed by atoms with van der Waals surface area (Å²) in [5.74, 6) is 1.10. The van der Waals surface area contributed by atoms with E-state index in [1.54, 1.807) is 6.20 Å². The summed E-state index contributed by atoms with van der Waals surface area (Å²) < 4.78 is 10.8. The molecule has 2 aromatic rings. The first-order chi connectivity index (χ1) is 11.8. The van der Waals surface area contributed by atoms with Crippen molar-refractivity contribution in [3.63, 3.8) is 0 Å². The molecular weight excluding hydrogens is 316 g/mol. The van der Waals surface area contributed by atoms with E-state index in [0.717, 1.165) is 12.3 Å². The van der Waals surface area contributed by atoms with E-state index in [2.05, 4.69) is 42.8 Å². The third-order valence-corrected chi connectivity index (χ3v) is 4.04. The molecular formula is C20H28N2O3. The van der Waals surface area contributed by atoms with Gasteiger partial charge in [-0.05, 0) is 5.56 Å². The van der Waals surface area contributed by atoms with Crippen LogP contribution in [-0.4, -0.2) is 29.5 Å². The first-order valence-corrected chi connectivity index (χ1v) is 8.59. The van der Waals surface area contributed by atoms with E-state index in [0.29, 0.717) is 19.0 Å². The molecule has 0 bridgehead atoms. The van der Waals surface area contributed by atoms with Gasteiger partial charge < -0.3 is 9.15 Å². The van der Waals surface area contributed by atoms with E-state index < -0.39 is 0 Å². The molecule has 136 valence electrons. The maximum Gasteiger partial charge on any atom is 0.309 e. The Balaban J connectivity index is 2.13. The van der Waals surface area contributed by atoms with Gasteiger partial charge in [0.1, 0.15) is 5.76 Å². The van der Waals surface area contributed by atoms with E-state index >= 15 is 0 Å². The number of benzene rings is 1. The van der Waals surface area contributed by atoms with Crippen LogP contribution in [0.4, 0.5) is 0 Å². The Labute approximate surface area is 150 Å². The van der Waals surface area contributed by atoms with E-state index in [9.17, 15) is 4.79 Å². The van der Waals surface area contributed by atoms with Gasteiger partial charge in [-0.15, -0.1) is 0 Å². The minimum absolute atomic E-state index is 0.0746. The smallest absolute Gasteiger partial charge is 0.309 e. The number of aromatic nitrogens is 1. The molecule has 0 radical (unpaired) electrons. The van der Waals surface area contributed by atoms with Crippen LogP contribution in [0.1, 0.15) is 44.9 Å². The SMILES string of the molecule is COC(=O)[C@H](C)CN(Cc1ccccc1)Cc1ncc(C(C)(C)C)o1. The van der Waals surface area contributed by atoms with Gasteiger partial charge in [0.2, 0.25) is 5.89 Å². The quantitative estimate of drug-likeness (QED) is 0.715. The lowest BCUT2D eigenvalue weighted by Gasteiger charge is -2.23. The summed E-state index contributed by atoms with van der Waals surface area (Å²) in [6, 6.07) is 10.2. The number of nitrogens with zero attached hydrogens (tertiary/aromatic N) is 2. The summed E-state index contributed by atoms with van der Waals surface area (Å²) in [5.41, 5.74) is 1.11. The van der Waals surface area contributed by atoms with Gasteiger partial charge in [0, 0.05) is 18.5 Å². The monoisotopic (exact) mass is 344 g/mol. The fourth-order valence-corrected chi connectivity index (χ4v) is 2.61. The molecule has 1 aromatic heterocycles. The minimum atomic E-state index is -0.217. The zero-order valence-electron chi connectivity index (χ0n) is 15.8. The highest BCUT2D eigenvalue weighted by molar-refractivity contribution is 5.72. The fourth-order valence-electron chi connectivity index (χ4n) is 2.61. The number of rotatable bonds is 7. The summed E-state index contributed by atoms with van der Waals surface area (Å²) in [7, 11) is 1.42. The highest BCUT2D eigenvalue weighted by Gasteiger charge is 2.22. The van der Waals surface area contributed by atoms with Crippen molar-refractivity contribution in [3.8, 4) is 0 Å². The largest absolute Gasteiger partial charge is 0.469 e. The number of hydrogen-bond donors (Lipinski definition) is 0. The second-order valence-corrected chi connectivity index (χ2v) is 7.45. The van der Waals surface area contributed by atoms with Crippen LogP contribution in [0.5, 0.6) is 0 Å². The van der Waals surface area contributed by atoms with Crippen LogP contribution in [0.3, 0.4) is 0 Å². The molecule has 1 heterocycles. The Bertz CT molecular complexity index is 674. The van der Waals surface area contributed by atoms with Gasteiger partial charge >= 0.3 is 5.97 Å². The molecule has 0 saturated heterocycles. The van der Waals surface area contributed by atoms with Crippen molar-refractivity contribution in [2.75, 3.05) is 13.7 Å². The van der Waals surface area contributed by atoms with Gasteiger partial charge in [-0.25, -0.2) is 4.98 Å². The van der Waals surface area contributed by atoms with Crippen molar-refractivity contribution >= 4 is 5.97 Å². The molecule has 5 heteroatoms. The Kier molecular flexibility index (Phi) is 6.37. The first kappa shape index (κ1) is 19.2. The number of methoxy groups -OCH3 is 1. The molecule has 0 aliphatic heterocycles. The lowest BCUT2D eigenvalue weighted by atomic mass is 9.94. The van der Waals surface area contributed by atoms with Gasteiger partial charge in [-0.2, -0.15) is 0 Å². The van der Waals surface area contributed by atoms with Crippen molar-refractivity contribution in [3.05, 3.63) is 53.7 Å². The van der Waals surface area contributed by atoms with Crippen LogP contribution in [-0.2, 0) is 28.0 Å². The first-order valence-electron chi connectivity index (χ1n) is 8.59. The van der Waals surface area contributed by atoms with E-state index in [4.69, 9.17) is 9.15 Å². The Morgan fingerprint density at radius 3 is 2.48 bits per heavy atom. The molecule has 25 heavy (non-hydrogen) atoms. The van der Waals surface area contributed by atoms with Gasteiger partial charge in [0.15, 0.2) is 0 Å². The van der Waals surface area contributed by atoms with Gasteiger partial charge in [-0.3, -0.25) is 9.69 Å². The second-order valence-electron chi connectivity index (χ2n) is 7.45. The molecule has 0 saturated carbocycles. The lowest BCUT2D eigenvalue weighted by Crippen LogP contribution is -2.32. The van der Waals surface area contributed by atoms with Crippen molar-refractivity contribution in [1.82, 2.24) is 9.88 Å². The Morgan fingerprint density at radius 2 is 1.92 bits per heavy atom. The molecule has 0 aliphatic carbocycles. The zero-order valence-corrected chi connectivity index (χ0v) is 15.8. The number of carbonyl (C=O) groups is 1. The molecule has 0 amide bonds.